The fourth-order valence-electron chi connectivity index (χ4n) is 2.93. The van der Waals surface area contributed by atoms with Crippen molar-refractivity contribution in [3.8, 4) is 0 Å². The van der Waals surface area contributed by atoms with Crippen LogP contribution >= 0.6 is 35.6 Å². The molecule has 29 heavy (non-hydrogen) atoms. The van der Waals surface area contributed by atoms with Crippen LogP contribution in [0.15, 0.2) is 29.3 Å². The number of aliphatic imine (C=N–C) groups is 1. The van der Waals surface area contributed by atoms with E-state index in [0.29, 0.717) is 55.7 Å². The largest absolute Gasteiger partial charge is 0.357 e. The van der Waals surface area contributed by atoms with Gasteiger partial charge in [0, 0.05) is 43.3 Å². The molecule has 0 atom stereocenters. The predicted octanol–water partition coefficient (Wildman–Crippen LogP) is 3.15. The first-order valence-electron chi connectivity index (χ1n) is 9.45. The maximum absolute atomic E-state index is 12.2. The molecule has 0 spiro atoms. The second-order valence-electron chi connectivity index (χ2n) is 7.39. The second-order valence-corrected chi connectivity index (χ2v) is 10.6. The monoisotopic (exact) mass is 556 g/mol. The van der Waals surface area contributed by atoms with Gasteiger partial charge >= 0.3 is 0 Å². The lowest BCUT2D eigenvalue weighted by molar-refractivity contribution is -0.116. The van der Waals surface area contributed by atoms with Crippen LogP contribution in [0.5, 0.6) is 0 Å². The second kappa shape index (κ2) is 11.4. The van der Waals surface area contributed by atoms with Crippen molar-refractivity contribution in [2.45, 2.75) is 38.4 Å². The summed E-state index contributed by atoms with van der Waals surface area (Å²) in [5.41, 5.74) is 0.711. The third-order valence-corrected chi connectivity index (χ3v) is 7.41. The number of hydrogen-bond donors (Lipinski definition) is 2. The molecule has 0 bridgehead atoms. The summed E-state index contributed by atoms with van der Waals surface area (Å²) in [4.78, 5) is 18.6. The van der Waals surface area contributed by atoms with Crippen LogP contribution in [-0.4, -0.2) is 61.9 Å². The summed E-state index contributed by atoms with van der Waals surface area (Å²) in [6.45, 7) is 7.48. The molecule has 1 aliphatic heterocycles. The Morgan fingerprint density at radius 2 is 1.93 bits per heavy atom. The van der Waals surface area contributed by atoms with Gasteiger partial charge in [0.15, 0.2) is 15.8 Å². The van der Waals surface area contributed by atoms with Crippen molar-refractivity contribution in [1.82, 2.24) is 10.2 Å². The van der Waals surface area contributed by atoms with Gasteiger partial charge in [-0.1, -0.05) is 11.6 Å². The Morgan fingerprint density at radius 3 is 2.52 bits per heavy atom. The Balaban J connectivity index is 0.00000420. The van der Waals surface area contributed by atoms with Crippen LogP contribution in [0.4, 0.5) is 5.69 Å². The molecule has 1 aromatic rings. The molecule has 0 radical (unpaired) electrons. The Bertz CT molecular complexity index is 813. The molecule has 0 saturated carbocycles. The molecule has 1 heterocycles. The van der Waals surface area contributed by atoms with Crippen LogP contribution in [0.3, 0.4) is 0 Å². The number of nitrogens with one attached hydrogen (secondary N) is 2. The van der Waals surface area contributed by atoms with Crippen molar-refractivity contribution in [3.63, 3.8) is 0 Å². The zero-order valence-electron chi connectivity index (χ0n) is 17.1. The van der Waals surface area contributed by atoms with Gasteiger partial charge in [-0.3, -0.25) is 9.79 Å². The van der Waals surface area contributed by atoms with Crippen molar-refractivity contribution >= 4 is 63.0 Å². The molecule has 2 rings (SSSR count). The van der Waals surface area contributed by atoms with E-state index in [1.165, 1.54) is 0 Å². The molecule has 0 aromatic heterocycles. The lowest BCUT2D eigenvalue weighted by Crippen LogP contribution is -2.57. The highest BCUT2D eigenvalue weighted by atomic mass is 127. The topological polar surface area (TPSA) is 90.9 Å². The number of amides is 1. The predicted molar refractivity (Wildman–Crippen MR) is 130 cm³/mol. The van der Waals surface area contributed by atoms with Gasteiger partial charge in [-0.05, 0) is 51.5 Å². The van der Waals surface area contributed by atoms with Crippen molar-refractivity contribution in [1.29, 1.82) is 0 Å². The number of guanidine groups is 1. The van der Waals surface area contributed by atoms with Crippen molar-refractivity contribution in [2.24, 2.45) is 4.99 Å². The van der Waals surface area contributed by atoms with E-state index in [-0.39, 0.29) is 35.6 Å². The van der Waals surface area contributed by atoms with Gasteiger partial charge in [-0.2, -0.15) is 0 Å². The summed E-state index contributed by atoms with van der Waals surface area (Å²) in [5.74, 6) is 0.741. The first kappa shape index (κ1) is 26.0. The SMILES string of the molecule is CCNC(=NCCCC(=O)Nc1ccc(Cl)cc1)N1CCS(=O)(=O)C(C)(C)C1.I. The normalized spacial score (nSPS) is 17.9. The Hall–Kier alpha value is -1.07. The fraction of sp³-hybridized carbons (Fsp3) is 0.579. The minimum atomic E-state index is -3.10. The number of sulfone groups is 1. The summed E-state index contributed by atoms with van der Waals surface area (Å²) in [6, 6.07) is 6.97. The summed E-state index contributed by atoms with van der Waals surface area (Å²) >= 11 is 5.83. The Morgan fingerprint density at radius 1 is 1.28 bits per heavy atom. The van der Waals surface area contributed by atoms with E-state index in [1.54, 1.807) is 38.1 Å². The van der Waals surface area contributed by atoms with Crippen LogP contribution in [0.2, 0.25) is 5.02 Å². The number of benzene rings is 1. The maximum Gasteiger partial charge on any atom is 0.224 e. The zero-order chi connectivity index (χ0) is 20.8. The van der Waals surface area contributed by atoms with Crippen LogP contribution in [0, 0.1) is 0 Å². The molecule has 1 fully saturated rings. The fourth-order valence-corrected chi connectivity index (χ4v) is 4.42. The standard InChI is InChI=1S/C19H29ClN4O3S.HI/c1-4-21-18(24-12-13-28(26,27)19(2,3)14-24)22-11-5-6-17(25)23-16-9-7-15(20)8-10-16;/h7-10H,4-6,11-14H2,1-3H3,(H,21,22)(H,23,25);1H. The molecule has 7 nitrogen and oxygen atoms in total. The molecule has 164 valence electrons. The van der Waals surface area contributed by atoms with Crippen LogP contribution < -0.4 is 10.6 Å². The molecule has 1 aromatic carbocycles. The number of hydrogen-bond acceptors (Lipinski definition) is 4. The summed E-state index contributed by atoms with van der Waals surface area (Å²) < 4.78 is 23.6. The number of anilines is 1. The van der Waals surface area contributed by atoms with Crippen molar-refractivity contribution in [2.75, 3.05) is 37.2 Å². The van der Waals surface area contributed by atoms with Gasteiger partial charge in [0.25, 0.3) is 0 Å². The van der Waals surface area contributed by atoms with E-state index < -0.39 is 14.6 Å². The number of carbonyl (C=O) groups is 1. The van der Waals surface area contributed by atoms with E-state index in [2.05, 4.69) is 15.6 Å². The van der Waals surface area contributed by atoms with E-state index in [1.807, 2.05) is 11.8 Å². The van der Waals surface area contributed by atoms with Gasteiger partial charge in [0.05, 0.1) is 10.5 Å². The van der Waals surface area contributed by atoms with Crippen molar-refractivity contribution < 1.29 is 13.2 Å². The lowest BCUT2D eigenvalue weighted by atomic mass is 10.2. The van der Waals surface area contributed by atoms with Crippen LogP contribution in [-0.2, 0) is 14.6 Å². The molecule has 0 aliphatic carbocycles. The van der Waals surface area contributed by atoms with E-state index in [4.69, 9.17) is 11.6 Å². The number of nitrogens with zero attached hydrogens (tertiary/aromatic N) is 2. The molecule has 2 N–H and O–H groups in total. The Labute approximate surface area is 195 Å². The first-order chi connectivity index (χ1) is 13.1. The third kappa shape index (κ3) is 7.60. The molecule has 10 heteroatoms. The highest BCUT2D eigenvalue weighted by molar-refractivity contribution is 14.0. The molecule has 1 aliphatic rings. The minimum Gasteiger partial charge on any atom is -0.357 e. The number of rotatable bonds is 6. The van der Waals surface area contributed by atoms with Gasteiger partial charge < -0.3 is 15.5 Å². The molecule has 1 amide bonds. The van der Waals surface area contributed by atoms with E-state index >= 15 is 0 Å². The minimum absolute atomic E-state index is 0. The van der Waals surface area contributed by atoms with Gasteiger partial charge in [-0.15, -0.1) is 24.0 Å². The maximum atomic E-state index is 12.2. The van der Waals surface area contributed by atoms with E-state index in [0.717, 1.165) is 0 Å². The van der Waals surface area contributed by atoms with Crippen molar-refractivity contribution in [3.05, 3.63) is 29.3 Å². The third-order valence-electron chi connectivity index (χ3n) is 4.63. The molecule has 0 unspecified atom stereocenters. The molecular weight excluding hydrogens is 527 g/mol. The molecule has 1 saturated heterocycles. The molecular formula is C19H30ClIN4O3S. The van der Waals surface area contributed by atoms with E-state index in [9.17, 15) is 13.2 Å². The zero-order valence-corrected chi connectivity index (χ0v) is 21.0. The highest BCUT2D eigenvalue weighted by Gasteiger charge is 2.40. The first-order valence-corrected chi connectivity index (χ1v) is 11.5. The average Bonchev–Trinajstić information content (AvgIpc) is 2.62. The van der Waals surface area contributed by atoms with Gasteiger partial charge in [0.1, 0.15) is 0 Å². The van der Waals surface area contributed by atoms with Gasteiger partial charge in [0.2, 0.25) is 5.91 Å². The summed E-state index contributed by atoms with van der Waals surface area (Å²) in [6.07, 6.45) is 0.954. The Kier molecular flexibility index (Phi) is 10.2. The number of halogens is 2. The summed E-state index contributed by atoms with van der Waals surface area (Å²) in [5, 5.41) is 6.67. The van der Waals surface area contributed by atoms with Crippen LogP contribution in [0.25, 0.3) is 0 Å². The van der Waals surface area contributed by atoms with Crippen LogP contribution in [0.1, 0.15) is 33.6 Å². The highest BCUT2D eigenvalue weighted by Crippen LogP contribution is 2.23. The quantitative estimate of drug-likeness (QED) is 0.243. The number of carbonyl (C=O) groups excluding carboxylic acids is 1. The summed E-state index contributed by atoms with van der Waals surface area (Å²) in [7, 11) is -3.10. The van der Waals surface area contributed by atoms with Gasteiger partial charge in [-0.25, -0.2) is 8.42 Å². The smallest absolute Gasteiger partial charge is 0.224 e. The average molecular weight is 557 g/mol. The lowest BCUT2D eigenvalue weighted by Gasteiger charge is -2.39.